The Morgan fingerprint density at radius 2 is 2.12 bits per heavy atom. The van der Waals surface area contributed by atoms with E-state index in [1.807, 2.05) is 0 Å². The molecular formula is C10H12ClNO4S. The summed E-state index contributed by atoms with van der Waals surface area (Å²) in [5, 5.41) is 2.46. The van der Waals surface area contributed by atoms with Crippen molar-refractivity contribution < 1.29 is 17.9 Å². The lowest BCUT2D eigenvalue weighted by Gasteiger charge is -2.09. The molecule has 0 unspecified atom stereocenters. The number of halogens is 1. The minimum Gasteiger partial charge on any atom is -0.495 e. The standard InChI is InChI=1S/C10H12ClNO4S/c1-16-8-4-3-7(12-10(13)6-11)5-9(8)17(2,14)15/h3-5H,6H2,1-2H3,(H,12,13). The first-order valence-electron chi connectivity index (χ1n) is 4.62. The number of hydrogen-bond acceptors (Lipinski definition) is 4. The van der Waals surface area contributed by atoms with Gasteiger partial charge in [0, 0.05) is 11.9 Å². The van der Waals surface area contributed by atoms with Crippen LogP contribution in [0.1, 0.15) is 0 Å². The summed E-state index contributed by atoms with van der Waals surface area (Å²) in [6.07, 6.45) is 1.07. The van der Waals surface area contributed by atoms with Gasteiger partial charge in [0.05, 0.1) is 7.11 Å². The third-order valence-corrected chi connectivity index (χ3v) is 3.33. The Morgan fingerprint density at radius 3 is 2.59 bits per heavy atom. The molecule has 0 aliphatic rings. The Kier molecular flexibility index (Phi) is 4.36. The zero-order chi connectivity index (χ0) is 13.1. The van der Waals surface area contributed by atoms with E-state index in [1.165, 1.54) is 25.3 Å². The Hall–Kier alpha value is -1.27. The van der Waals surface area contributed by atoms with Crippen LogP contribution in [0.3, 0.4) is 0 Å². The lowest BCUT2D eigenvalue weighted by molar-refractivity contribution is -0.113. The Bertz CT molecular complexity index is 527. The van der Waals surface area contributed by atoms with Gasteiger partial charge in [-0.05, 0) is 18.2 Å². The van der Waals surface area contributed by atoms with E-state index in [1.54, 1.807) is 0 Å². The summed E-state index contributed by atoms with van der Waals surface area (Å²) in [6.45, 7) is 0. The number of methoxy groups -OCH3 is 1. The molecule has 0 atom stereocenters. The Morgan fingerprint density at radius 1 is 1.47 bits per heavy atom. The zero-order valence-corrected chi connectivity index (χ0v) is 10.9. The van der Waals surface area contributed by atoms with E-state index < -0.39 is 15.7 Å². The van der Waals surface area contributed by atoms with Crippen molar-refractivity contribution >= 4 is 33.0 Å². The molecule has 94 valence electrons. The van der Waals surface area contributed by atoms with Gasteiger partial charge >= 0.3 is 0 Å². The molecule has 0 bridgehead atoms. The molecule has 17 heavy (non-hydrogen) atoms. The lowest BCUT2D eigenvalue weighted by Crippen LogP contribution is -2.13. The minimum atomic E-state index is -3.42. The predicted octanol–water partition coefficient (Wildman–Crippen LogP) is 1.28. The van der Waals surface area contributed by atoms with Gasteiger partial charge in [-0.1, -0.05) is 0 Å². The molecule has 0 fully saturated rings. The fourth-order valence-corrected chi connectivity index (χ4v) is 2.16. The first-order valence-corrected chi connectivity index (χ1v) is 7.05. The average molecular weight is 278 g/mol. The van der Waals surface area contributed by atoms with Gasteiger partial charge in [0.15, 0.2) is 9.84 Å². The number of rotatable bonds is 4. The molecule has 1 aromatic carbocycles. The first kappa shape index (κ1) is 13.8. The molecule has 0 aliphatic carbocycles. The monoisotopic (exact) mass is 277 g/mol. The minimum absolute atomic E-state index is 0.0207. The van der Waals surface area contributed by atoms with Crippen molar-refractivity contribution in [3.63, 3.8) is 0 Å². The summed E-state index contributed by atoms with van der Waals surface area (Å²) < 4.78 is 27.9. The zero-order valence-electron chi connectivity index (χ0n) is 9.36. The van der Waals surface area contributed by atoms with E-state index >= 15 is 0 Å². The average Bonchev–Trinajstić information content (AvgIpc) is 2.27. The van der Waals surface area contributed by atoms with Crippen LogP contribution < -0.4 is 10.1 Å². The highest BCUT2D eigenvalue weighted by Gasteiger charge is 2.15. The molecule has 0 aromatic heterocycles. The van der Waals surface area contributed by atoms with E-state index in [0.29, 0.717) is 5.69 Å². The smallest absolute Gasteiger partial charge is 0.239 e. The molecule has 1 aromatic rings. The highest BCUT2D eigenvalue weighted by molar-refractivity contribution is 7.90. The molecule has 0 aliphatic heterocycles. The highest BCUT2D eigenvalue weighted by Crippen LogP contribution is 2.26. The molecule has 0 spiro atoms. The first-order chi connectivity index (χ1) is 7.88. The molecule has 1 amide bonds. The van der Waals surface area contributed by atoms with Crippen LogP contribution in [-0.2, 0) is 14.6 Å². The topological polar surface area (TPSA) is 72.5 Å². The van der Waals surface area contributed by atoms with Crippen molar-refractivity contribution in [2.45, 2.75) is 4.90 Å². The van der Waals surface area contributed by atoms with Crippen LogP contribution in [0, 0.1) is 0 Å². The van der Waals surface area contributed by atoms with Crippen LogP contribution in [-0.4, -0.2) is 33.6 Å². The van der Waals surface area contributed by atoms with Gasteiger partial charge in [0.1, 0.15) is 16.5 Å². The van der Waals surface area contributed by atoms with Gasteiger partial charge in [0.25, 0.3) is 0 Å². The normalized spacial score (nSPS) is 11.0. The Balaban J connectivity index is 3.19. The number of carbonyl (C=O) groups is 1. The van der Waals surface area contributed by atoms with Crippen LogP contribution in [0.4, 0.5) is 5.69 Å². The van der Waals surface area contributed by atoms with Crippen LogP contribution in [0.2, 0.25) is 0 Å². The van der Waals surface area contributed by atoms with Crippen molar-refractivity contribution in [1.29, 1.82) is 0 Å². The lowest BCUT2D eigenvalue weighted by atomic mass is 10.3. The fraction of sp³-hybridized carbons (Fsp3) is 0.300. The Labute approximate surface area is 105 Å². The van der Waals surface area contributed by atoms with Gasteiger partial charge < -0.3 is 10.1 Å². The molecule has 7 heteroatoms. The number of ether oxygens (including phenoxy) is 1. The van der Waals surface area contributed by atoms with Gasteiger partial charge in [-0.15, -0.1) is 11.6 Å². The fourth-order valence-electron chi connectivity index (χ4n) is 1.24. The van der Waals surface area contributed by atoms with Crippen molar-refractivity contribution in [1.82, 2.24) is 0 Å². The SMILES string of the molecule is COc1ccc(NC(=O)CCl)cc1S(C)(=O)=O. The summed E-state index contributed by atoms with van der Waals surface area (Å²) in [5.41, 5.74) is 0.358. The molecule has 0 saturated carbocycles. The molecular weight excluding hydrogens is 266 g/mol. The number of sulfone groups is 1. The predicted molar refractivity (Wildman–Crippen MR) is 65.5 cm³/mol. The summed E-state index contributed by atoms with van der Waals surface area (Å²) >= 11 is 5.34. The van der Waals surface area contributed by atoms with E-state index in [2.05, 4.69) is 5.32 Å². The maximum atomic E-state index is 11.5. The van der Waals surface area contributed by atoms with E-state index in [4.69, 9.17) is 16.3 Å². The maximum Gasteiger partial charge on any atom is 0.239 e. The number of anilines is 1. The van der Waals surface area contributed by atoms with Gasteiger partial charge in [-0.2, -0.15) is 0 Å². The number of benzene rings is 1. The second kappa shape index (κ2) is 5.37. The molecule has 1 N–H and O–H groups in total. The van der Waals surface area contributed by atoms with Gasteiger partial charge in [-0.3, -0.25) is 4.79 Å². The number of hydrogen-bond donors (Lipinski definition) is 1. The third-order valence-electron chi connectivity index (χ3n) is 1.97. The van der Waals surface area contributed by atoms with E-state index in [9.17, 15) is 13.2 Å². The van der Waals surface area contributed by atoms with E-state index in [0.717, 1.165) is 6.26 Å². The summed E-state index contributed by atoms with van der Waals surface area (Å²) in [5.74, 6) is -0.368. The van der Waals surface area contributed by atoms with Crippen molar-refractivity contribution in [3.05, 3.63) is 18.2 Å². The number of nitrogens with one attached hydrogen (secondary N) is 1. The molecule has 5 nitrogen and oxygen atoms in total. The van der Waals surface area contributed by atoms with Crippen molar-refractivity contribution in [3.8, 4) is 5.75 Å². The van der Waals surface area contributed by atoms with Gasteiger partial charge in [0.2, 0.25) is 5.91 Å². The summed E-state index contributed by atoms with van der Waals surface area (Å²) in [7, 11) is -2.04. The van der Waals surface area contributed by atoms with Gasteiger partial charge in [-0.25, -0.2) is 8.42 Å². The van der Waals surface area contributed by atoms with Crippen LogP contribution in [0.25, 0.3) is 0 Å². The molecule has 0 radical (unpaired) electrons. The number of carbonyl (C=O) groups excluding carboxylic acids is 1. The van der Waals surface area contributed by atoms with Crippen molar-refractivity contribution in [2.24, 2.45) is 0 Å². The molecule has 0 saturated heterocycles. The van der Waals surface area contributed by atoms with Crippen LogP contribution >= 0.6 is 11.6 Å². The summed E-state index contributed by atoms with van der Waals surface area (Å²) in [6, 6.07) is 4.34. The maximum absolute atomic E-state index is 11.5. The molecule has 0 heterocycles. The third kappa shape index (κ3) is 3.61. The van der Waals surface area contributed by atoms with Crippen molar-refractivity contribution in [2.75, 3.05) is 24.6 Å². The quantitative estimate of drug-likeness (QED) is 0.842. The van der Waals surface area contributed by atoms with Crippen LogP contribution in [0.15, 0.2) is 23.1 Å². The van der Waals surface area contributed by atoms with E-state index in [-0.39, 0.29) is 16.5 Å². The van der Waals surface area contributed by atoms with Crippen LogP contribution in [0.5, 0.6) is 5.75 Å². The largest absolute Gasteiger partial charge is 0.495 e. The number of amides is 1. The molecule has 1 rings (SSSR count). The second-order valence-corrected chi connectivity index (χ2v) is 5.57. The summed E-state index contributed by atoms with van der Waals surface area (Å²) in [4.78, 5) is 11.1. The highest BCUT2D eigenvalue weighted by atomic mass is 35.5. The second-order valence-electron chi connectivity index (χ2n) is 3.32. The number of alkyl halides is 1.